The molecule has 6 nitrogen and oxygen atoms in total. The monoisotopic (exact) mass is 304 g/mol. The second-order valence-electron chi connectivity index (χ2n) is 5.78. The van der Waals surface area contributed by atoms with E-state index in [1.807, 2.05) is 4.90 Å². The van der Waals surface area contributed by atoms with Gasteiger partial charge in [0.05, 0.1) is 12.9 Å². The zero-order valence-corrected chi connectivity index (χ0v) is 12.8. The van der Waals surface area contributed by atoms with E-state index in [4.69, 9.17) is 5.11 Å². The summed E-state index contributed by atoms with van der Waals surface area (Å²) in [6, 6.07) is 0.280. The van der Waals surface area contributed by atoms with Gasteiger partial charge in [0, 0.05) is 31.6 Å². The quantitative estimate of drug-likeness (QED) is 0.777. The Kier molecular flexibility index (Phi) is 5.04. The van der Waals surface area contributed by atoms with Gasteiger partial charge in [-0.1, -0.05) is 0 Å². The molecule has 0 bridgehead atoms. The lowest BCUT2D eigenvalue weighted by Crippen LogP contribution is -2.50. The van der Waals surface area contributed by atoms with E-state index >= 15 is 0 Å². The van der Waals surface area contributed by atoms with Crippen molar-refractivity contribution in [3.8, 4) is 0 Å². The number of piperidine rings is 1. The molecule has 0 unspecified atom stereocenters. The highest BCUT2D eigenvalue weighted by Crippen LogP contribution is 2.28. The van der Waals surface area contributed by atoms with Gasteiger partial charge in [-0.15, -0.1) is 0 Å². The lowest BCUT2D eigenvalue weighted by atomic mass is 9.89. The molecule has 1 amide bonds. The van der Waals surface area contributed by atoms with Gasteiger partial charge in [0.25, 0.3) is 0 Å². The van der Waals surface area contributed by atoms with Gasteiger partial charge in [0.1, 0.15) is 0 Å². The lowest BCUT2D eigenvalue weighted by molar-refractivity contribution is -0.141. The fourth-order valence-electron chi connectivity index (χ4n) is 2.95. The molecule has 1 saturated heterocycles. The van der Waals surface area contributed by atoms with Crippen molar-refractivity contribution in [3.63, 3.8) is 0 Å². The van der Waals surface area contributed by atoms with Gasteiger partial charge in [0.15, 0.2) is 0 Å². The highest BCUT2D eigenvalue weighted by Gasteiger charge is 2.35. The van der Waals surface area contributed by atoms with Gasteiger partial charge >= 0.3 is 0 Å². The molecule has 2 rings (SSSR count). The summed E-state index contributed by atoms with van der Waals surface area (Å²) in [4.78, 5) is 14.3. The Morgan fingerprint density at radius 3 is 2.25 bits per heavy atom. The number of aliphatic hydroxyl groups excluding tert-OH is 1. The number of hydrogen-bond donors (Lipinski definition) is 1. The first-order valence-electron chi connectivity index (χ1n) is 7.30. The van der Waals surface area contributed by atoms with E-state index in [0.717, 1.165) is 19.3 Å². The van der Waals surface area contributed by atoms with Crippen LogP contribution in [0.4, 0.5) is 0 Å². The van der Waals surface area contributed by atoms with Crippen molar-refractivity contribution in [2.45, 2.75) is 38.1 Å². The van der Waals surface area contributed by atoms with E-state index in [-0.39, 0.29) is 24.5 Å². The number of amides is 1. The average Bonchev–Trinajstić information content (AvgIpc) is 2.34. The van der Waals surface area contributed by atoms with Crippen LogP contribution in [-0.4, -0.2) is 67.2 Å². The van der Waals surface area contributed by atoms with Crippen LogP contribution < -0.4 is 0 Å². The van der Waals surface area contributed by atoms with Gasteiger partial charge in [0.2, 0.25) is 15.9 Å². The van der Waals surface area contributed by atoms with Crippen molar-refractivity contribution in [1.82, 2.24) is 9.21 Å². The molecule has 1 saturated carbocycles. The summed E-state index contributed by atoms with van der Waals surface area (Å²) in [5.74, 6) is -0.00273. The van der Waals surface area contributed by atoms with Crippen LogP contribution in [0.2, 0.25) is 0 Å². The Morgan fingerprint density at radius 2 is 1.85 bits per heavy atom. The molecule has 0 aromatic carbocycles. The van der Waals surface area contributed by atoms with Crippen molar-refractivity contribution in [2.24, 2.45) is 5.92 Å². The van der Waals surface area contributed by atoms with Crippen LogP contribution in [0.3, 0.4) is 0 Å². The smallest absolute Gasteiger partial charge is 0.226 e. The maximum Gasteiger partial charge on any atom is 0.226 e. The van der Waals surface area contributed by atoms with Crippen molar-refractivity contribution in [1.29, 1.82) is 0 Å². The third kappa shape index (κ3) is 3.51. The second kappa shape index (κ2) is 6.41. The summed E-state index contributed by atoms with van der Waals surface area (Å²) in [6.07, 6.45) is 5.57. The largest absolute Gasteiger partial charge is 0.395 e. The number of aliphatic hydroxyl groups is 1. The molecule has 7 heteroatoms. The minimum atomic E-state index is -3.15. The maximum absolute atomic E-state index is 12.5. The highest BCUT2D eigenvalue weighted by atomic mass is 32.2. The van der Waals surface area contributed by atoms with Crippen LogP contribution in [0.25, 0.3) is 0 Å². The van der Waals surface area contributed by atoms with Gasteiger partial charge in [-0.3, -0.25) is 4.79 Å². The molecule has 0 aromatic heterocycles. The van der Waals surface area contributed by atoms with Gasteiger partial charge in [-0.25, -0.2) is 12.7 Å². The van der Waals surface area contributed by atoms with Crippen molar-refractivity contribution >= 4 is 15.9 Å². The zero-order valence-electron chi connectivity index (χ0n) is 12.0. The third-order valence-corrected chi connectivity index (χ3v) is 5.71. The van der Waals surface area contributed by atoms with Gasteiger partial charge < -0.3 is 10.0 Å². The first-order chi connectivity index (χ1) is 9.43. The predicted octanol–water partition coefficient (Wildman–Crippen LogP) is 0.0314. The summed E-state index contributed by atoms with van der Waals surface area (Å²) >= 11 is 0. The van der Waals surface area contributed by atoms with Crippen LogP contribution in [0.5, 0.6) is 0 Å². The molecule has 1 aliphatic heterocycles. The summed E-state index contributed by atoms with van der Waals surface area (Å²) in [6.45, 7) is 1.24. The molecule has 0 atom stereocenters. The normalized spacial score (nSPS) is 22.5. The summed E-state index contributed by atoms with van der Waals surface area (Å²) in [5, 5.41) is 9.12. The molecule has 1 aliphatic carbocycles. The molecular formula is C13H24N2O4S. The highest BCUT2D eigenvalue weighted by molar-refractivity contribution is 7.88. The summed E-state index contributed by atoms with van der Waals surface area (Å²) in [5.41, 5.74) is 0. The lowest BCUT2D eigenvalue weighted by Gasteiger charge is -2.40. The van der Waals surface area contributed by atoms with E-state index < -0.39 is 10.0 Å². The molecule has 1 heterocycles. The molecule has 0 aromatic rings. The summed E-state index contributed by atoms with van der Waals surface area (Å²) in [7, 11) is -3.15. The second-order valence-corrected chi connectivity index (χ2v) is 7.76. The third-order valence-electron chi connectivity index (χ3n) is 4.41. The van der Waals surface area contributed by atoms with Gasteiger partial charge in [-0.2, -0.15) is 0 Å². The molecule has 2 fully saturated rings. The van der Waals surface area contributed by atoms with Crippen LogP contribution >= 0.6 is 0 Å². The fourth-order valence-corrected chi connectivity index (χ4v) is 3.82. The van der Waals surface area contributed by atoms with E-state index in [1.165, 1.54) is 10.6 Å². The van der Waals surface area contributed by atoms with Gasteiger partial charge in [-0.05, 0) is 32.1 Å². The van der Waals surface area contributed by atoms with Crippen molar-refractivity contribution in [2.75, 3.05) is 32.5 Å². The summed E-state index contributed by atoms with van der Waals surface area (Å²) < 4.78 is 24.4. The Morgan fingerprint density at radius 1 is 1.25 bits per heavy atom. The van der Waals surface area contributed by atoms with E-state index in [0.29, 0.717) is 32.5 Å². The zero-order chi connectivity index (χ0) is 14.8. The minimum absolute atomic E-state index is 0.00950. The van der Waals surface area contributed by atoms with Crippen LogP contribution in [0, 0.1) is 5.92 Å². The maximum atomic E-state index is 12.5. The Labute approximate surface area is 120 Å². The van der Waals surface area contributed by atoms with Crippen LogP contribution in [0.15, 0.2) is 0 Å². The molecule has 116 valence electrons. The van der Waals surface area contributed by atoms with E-state index in [2.05, 4.69) is 0 Å². The van der Waals surface area contributed by atoms with Crippen molar-refractivity contribution in [3.05, 3.63) is 0 Å². The number of hydrogen-bond acceptors (Lipinski definition) is 4. The van der Waals surface area contributed by atoms with Crippen LogP contribution in [-0.2, 0) is 14.8 Å². The topological polar surface area (TPSA) is 77.9 Å². The first-order valence-corrected chi connectivity index (χ1v) is 9.14. The molecule has 20 heavy (non-hydrogen) atoms. The minimum Gasteiger partial charge on any atom is -0.395 e. The number of carbonyl (C=O) groups is 1. The van der Waals surface area contributed by atoms with Crippen LogP contribution in [0.1, 0.15) is 32.1 Å². The molecular weight excluding hydrogens is 280 g/mol. The fraction of sp³-hybridized carbons (Fsp3) is 0.923. The number of nitrogens with zero attached hydrogens (tertiary/aromatic N) is 2. The molecule has 2 aliphatic rings. The predicted molar refractivity (Wildman–Crippen MR) is 75.6 cm³/mol. The molecule has 0 radical (unpaired) electrons. The Bertz CT molecular complexity index is 439. The van der Waals surface area contributed by atoms with Crippen molar-refractivity contribution < 1.29 is 18.3 Å². The van der Waals surface area contributed by atoms with E-state index in [1.54, 1.807) is 0 Å². The first kappa shape index (κ1) is 15.7. The Hall–Kier alpha value is -0.660. The number of carbonyl (C=O) groups excluding carboxylic acids is 1. The Balaban J connectivity index is 1.92. The number of sulfonamides is 1. The standard InChI is InChI=1S/C13H24N2O4S/c1-20(18,19)14-7-5-11(6-8-14)13(17)15(9-10-16)12-3-2-4-12/h11-12,16H,2-10H2,1H3. The van der Waals surface area contributed by atoms with E-state index in [9.17, 15) is 13.2 Å². The molecule has 0 spiro atoms. The average molecular weight is 304 g/mol. The molecule has 1 N–H and O–H groups in total. The SMILES string of the molecule is CS(=O)(=O)N1CCC(C(=O)N(CCO)C2CCC2)CC1. The number of rotatable bonds is 5.